The molecular formula is C29H45NO3. The summed E-state index contributed by atoms with van der Waals surface area (Å²) in [6, 6.07) is 8.03. The van der Waals surface area contributed by atoms with E-state index in [9.17, 15) is 9.59 Å². The molecule has 0 bridgehead atoms. The normalized spacial score (nSPS) is 11.5. The first kappa shape index (κ1) is 27.1. The number of hydrogen-bond acceptors (Lipinski definition) is 2. The molecule has 33 heavy (non-hydrogen) atoms. The number of benzene rings is 1. The van der Waals surface area contributed by atoms with Crippen LogP contribution >= 0.6 is 0 Å². The standard InChI is InChI=1S/C29H45NO3/c1-3-5-7-9-11-16-24(17-12-10-8-6-4-2)22-28(31)26-23-30(21-15-20-29(32)33)27-19-14-13-18-25(26)27/h13-14,18-19,23-24H,3-12,15-17,20-22H2,1-2H3,(H,32,33). The van der Waals surface area contributed by atoms with Gasteiger partial charge in [0.05, 0.1) is 0 Å². The summed E-state index contributed by atoms with van der Waals surface area (Å²) in [6.45, 7) is 5.12. The number of carboxylic acids is 1. The summed E-state index contributed by atoms with van der Waals surface area (Å²) < 4.78 is 2.07. The van der Waals surface area contributed by atoms with E-state index in [1.54, 1.807) is 0 Å². The fourth-order valence-corrected chi connectivity index (χ4v) is 4.85. The van der Waals surface area contributed by atoms with E-state index in [1.807, 2.05) is 30.5 Å². The monoisotopic (exact) mass is 455 g/mol. The highest BCUT2D eigenvalue weighted by Gasteiger charge is 2.19. The predicted molar refractivity (Wildman–Crippen MR) is 138 cm³/mol. The molecule has 0 fully saturated rings. The van der Waals surface area contributed by atoms with Crippen LogP contribution in [0.15, 0.2) is 30.5 Å². The van der Waals surface area contributed by atoms with Crippen molar-refractivity contribution in [1.82, 2.24) is 4.57 Å². The third-order valence-electron chi connectivity index (χ3n) is 6.78. The Kier molecular flexibility index (Phi) is 12.9. The number of nitrogens with zero attached hydrogens (tertiary/aromatic N) is 1. The lowest BCUT2D eigenvalue weighted by Gasteiger charge is -2.16. The van der Waals surface area contributed by atoms with Crippen LogP contribution in [0.25, 0.3) is 10.9 Å². The first-order valence-electron chi connectivity index (χ1n) is 13.4. The molecule has 0 saturated heterocycles. The van der Waals surface area contributed by atoms with Crippen LogP contribution in [0.3, 0.4) is 0 Å². The number of fused-ring (bicyclic) bond motifs is 1. The van der Waals surface area contributed by atoms with E-state index >= 15 is 0 Å². The van der Waals surface area contributed by atoms with Crippen molar-refractivity contribution in [2.75, 3.05) is 0 Å². The van der Waals surface area contributed by atoms with Crippen LogP contribution in [0.2, 0.25) is 0 Å². The first-order valence-corrected chi connectivity index (χ1v) is 13.4. The molecule has 1 aromatic heterocycles. The lowest BCUT2D eigenvalue weighted by Crippen LogP contribution is -2.10. The quantitative estimate of drug-likeness (QED) is 0.171. The molecule has 1 aromatic carbocycles. The Labute approximate surface area is 200 Å². The summed E-state index contributed by atoms with van der Waals surface area (Å²) in [6.07, 6.45) is 18.4. The molecule has 2 rings (SSSR count). The molecule has 0 spiro atoms. The lowest BCUT2D eigenvalue weighted by molar-refractivity contribution is -0.137. The van der Waals surface area contributed by atoms with Gasteiger partial charge >= 0.3 is 5.97 Å². The molecule has 0 unspecified atom stereocenters. The fourth-order valence-electron chi connectivity index (χ4n) is 4.85. The molecule has 1 heterocycles. The Balaban J connectivity index is 2.04. The third-order valence-corrected chi connectivity index (χ3v) is 6.78. The molecule has 4 nitrogen and oxygen atoms in total. The minimum Gasteiger partial charge on any atom is -0.481 e. The Morgan fingerprint density at radius 2 is 1.45 bits per heavy atom. The van der Waals surface area contributed by atoms with Gasteiger partial charge in [0.2, 0.25) is 0 Å². The molecule has 4 heteroatoms. The summed E-state index contributed by atoms with van der Waals surface area (Å²) in [5.41, 5.74) is 1.84. The second kappa shape index (κ2) is 15.7. The summed E-state index contributed by atoms with van der Waals surface area (Å²) >= 11 is 0. The SMILES string of the molecule is CCCCCCCC(CCCCCCC)CC(=O)c1cn(CCCC(=O)O)c2ccccc12. The number of unbranched alkanes of at least 4 members (excludes halogenated alkanes) is 8. The van der Waals surface area contributed by atoms with Crippen LogP contribution in [0.5, 0.6) is 0 Å². The number of carbonyl (C=O) groups is 2. The molecule has 0 atom stereocenters. The summed E-state index contributed by atoms with van der Waals surface area (Å²) in [5.74, 6) is -0.0614. The van der Waals surface area contributed by atoms with E-state index in [-0.39, 0.29) is 12.2 Å². The van der Waals surface area contributed by atoms with Gasteiger partial charge < -0.3 is 9.67 Å². The third kappa shape index (κ3) is 9.73. The second-order valence-electron chi connectivity index (χ2n) is 9.65. The van der Waals surface area contributed by atoms with E-state index in [0.29, 0.717) is 25.3 Å². The van der Waals surface area contributed by atoms with Gasteiger partial charge in [-0.3, -0.25) is 9.59 Å². The van der Waals surface area contributed by atoms with Crippen molar-refractivity contribution < 1.29 is 14.7 Å². The molecule has 0 aliphatic carbocycles. The number of aryl methyl sites for hydroxylation is 1. The first-order chi connectivity index (χ1) is 16.1. The topological polar surface area (TPSA) is 59.3 Å². The van der Waals surface area contributed by atoms with E-state index in [4.69, 9.17) is 5.11 Å². The van der Waals surface area contributed by atoms with Crippen molar-refractivity contribution in [2.24, 2.45) is 5.92 Å². The van der Waals surface area contributed by atoms with Gasteiger partial charge in [-0.2, -0.15) is 0 Å². The van der Waals surface area contributed by atoms with Gasteiger partial charge in [0.25, 0.3) is 0 Å². The number of rotatable bonds is 19. The Morgan fingerprint density at radius 1 is 0.848 bits per heavy atom. The van der Waals surface area contributed by atoms with Crippen molar-refractivity contribution in [3.63, 3.8) is 0 Å². The van der Waals surface area contributed by atoms with E-state index in [0.717, 1.165) is 29.3 Å². The molecular weight excluding hydrogens is 410 g/mol. The zero-order valence-corrected chi connectivity index (χ0v) is 21.0. The van der Waals surface area contributed by atoms with Gasteiger partial charge in [0.1, 0.15) is 0 Å². The highest BCUT2D eigenvalue weighted by molar-refractivity contribution is 6.08. The minimum atomic E-state index is -0.775. The maximum atomic E-state index is 13.4. The molecule has 0 amide bonds. The zero-order valence-electron chi connectivity index (χ0n) is 21.0. The van der Waals surface area contributed by atoms with Crippen LogP contribution in [0.1, 0.15) is 121 Å². The molecule has 184 valence electrons. The largest absolute Gasteiger partial charge is 0.481 e. The highest BCUT2D eigenvalue weighted by atomic mass is 16.4. The molecule has 0 aliphatic rings. The van der Waals surface area contributed by atoms with Gasteiger partial charge in [0.15, 0.2) is 5.78 Å². The number of hydrogen-bond donors (Lipinski definition) is 1. The number of carbonyl (C=O) groups excluding carboxylic acids is 1. The average Bonchev–Trinajstić information content (AvgIpc) is 3.17. The van der Waals surface area contributed by atoms with Gasteiger partial charge in [0, 0.05) is 42.0 Å². The number of aliphatic carboxylic acids is 1. The van der Waals surface area contributed by atoms with Gasteiger partial charge in [-0.25, -0.2) is 0 Å². The molecule has 1 N–H and O–H groups in total. The Morgan fingerprint density at radius 3 is 2.06 bits per heavy atom. The van der Waals surface area contributed by atoms with Crippen molar-refractivity contribution in [2.45, 2.75) is 117 Å². The Hall–Kier alpha value is -2.10. The highest BCUT2D eigenvalue weighted by Crippen LogP contribution is 2.28. The van der Waals surface area contributed by atoms with Crippen molar-refractivity contribution in [3.05, 3.63) is 36.0 Å². The van der Waals surface area contributed by atoms with Crippen molar-refractivity contribution in [1.29, 1.82) is 0 Å². The summed E-state index contributed by atoms with van der Waals surface area (Å²) in [5, 5.41) is 9.97. The minimum absolute atomic E-state index is 0.147. The Bertz CT molecular complexity index is 825. The lowest BCUT2D eigenvalue weighted by atomic mass is 9.88. The number of aromatic nitrogens is 1. The molecule has 0 radical (unpaired) electrons. The summed E-state index contributed by atoms with van der Waals surface area (Å²) in [4.78, 5) is 24.3. The second-order valence-corrected chi connectivity index (χ2v) is 9.65. The van der Waals surface area contributed by atoms with Crippen molar-refractivity contribution in [3.8, 4) is 0 Å². The molecule has 0 aliphatic heterocycles. The smallest absolute Gasteiger partial charge is 0.303 e. The number of para-hydroxylation sites is 1. The fraction of sp³-hybridized carbons (Fsp3) is 0.655. The van der Waals surface area contributed by atoms with Gasteiger partial charge in [-0.05, 0) is 18.4 Å². The number of carboxylic acid groups (broad SMARTS) is 1. The van der Waals surface area contributed by atoms with Crippen LogP contribution in [0, 0.1) is 5.92 Å². The van der Waals surface area contributed by atoms with E-state index in [2.05, 4.69) is 18.4 Å². The predicted octanol–water partition coefficient (Wildman–Crippen LogP) is 8.42. The molecule has 0 saturated carbocycles. The van der Waals surface area contributed by atoms with Crippen LogP contribution in [-0.4, -0.2) is 21.4 Å². The van der Waals surface area contributed by atoms with Crippen LogP contribution in [-0.2, 0) is 11.3 Å². The van der Waals surface area contributed by atoms with Crippen molar-refractivity contribution >= 4 is 22.7 Å². The maximum absolute atomic E-state index is 13.4. The van der Waals surface area contributed by atoms with Gasteiger partial charge in [-0.15, -0.1) is 0 Å². The zero-order chi connectivity index (χ0) is 23.9. The number of ketones is 1. The number of Topliss-reactive ketones (excluding diaryl/α,β-unsaturated/α-hetero) is 1. The van der Waals surface area contributed by atoms with E-state index < -0.39 is 5.97 Å². The maximum Gasteiger partial charge on any atom is 0.303 e. The molecule has 2 aromatic rings. The van der Waals surface area contributed by atoms with E-state index in [1.165, 1.54) is 64.2 Å². The van der Waals surface area contributed by atoms with Gasteiger partial charge in [-0.1, -0.05) is 109 Å². The van der Waals surface area contributed by atoms with Crippen LogP contribution in [0.4, 0.5) is 0 Å². The summed E-state index contributed by atoms with van der Waals surface area (Å²) in [7, 11) is 0. The average molecular weight is 456 g/mol. The van der Waals surface area contributed by atoms with Crippen LogP contribution < -0.4 is 0 Å².